The molecule has 0 radical (unpaired) electrons. The van der Waals surface area contributed by atoms with E-state index in [1.165, 1.54) is 6.07 Å². The Labute approximate surface area is 156 Å². The van der Waals surface area contributed by atoms with Crippen molar-refractivity contribution >= 4 is 33.5 Å². The number of carbonyl (C=O) groups is 2. The Bertz CT molecular complexity index is 794. The van der Waals surface area contributed by atoms with E-state index in [-0.39, 0.29) is 35.2 Å². The van der Waals surface area contributed by atoms with Gasteiger partial charge in [0.05, 0.1) is 17.3 Å². The highest BCUT2D eigenvalue weighted by Gasteiger charge is 2.42. The fourth-order valence-electron chi connectivity index (χ4n) is 3.01. The highest BCUT2D eigenvalue weighted by Crippen LogP contribution is 2.32. The Morgan fingerprint density at radius 1 is 1.19 bits per heavy atom. The lowest BCUT2D eigenvalue weighted by Crippen LogP contribution is -2.44. The number of benzene rings is 1. The molecule has 1 aliphatic carbocycles. The summed E-state index contributed by atoms with van der Waals surface area (Å²) in [5, 5.41) is 0. The summed E-state index contributed by atoms with van der Waals surface area (Å²) in [4.78, 5) is 26.2. The quantitative estimate of drug-likeness (QED) is 0.510. The minimum absolute atomic E-state index is 0.0215. The normalized spacial score (nSPS) is 21.3. The first kappa shape index (κ1) is 19.2. The Hall–Kier alpha value is -1.61. The number of sulfone groups is 1. The molecule has 1 aliphatic heterocycles. The highest BCUT2D eigenvalue weighted by molar-refractivity contribution is 8.00. The molecule has 0 N–H and O–H groups in total. The van der Waals surface area contributed by atoms with Crippen molar-refractivity contribution in [2.45, 2.75) is 36.2 Å². The molecule has 0 aromatic heterocycles. The first-order valence-corrected chi connectivity index (χ1v) is 11.2. The zero-order chi connectivity index (χ0) is 18.7. The van der Waals surface area contributed by atoms with Crippen LogP contribution in [-0.2, 0) is 24.2 Å². The van der Waals surface area contributed by atoms with Crippen LogP contribution in [0.2, 0.25) is 0 Å². The highest BCUT2D eigenvalue weighted by atomic mass is 32.2. The fraction of sp³-hybridized carbons (Fsp3) is 0.529. The minimum atomic E-state index is -3.09. The molecule has 3 rings (SSSR count). The van der Waals surface area contributed by atoms with Crippen LogP contribution in [0, 0.1) is 5.82 Å². The van der Waals surface area contributed by atoms with Gasteiger partial charge in [0, 0.05) is 17.0 Å². The number of hydrogen-bond donors (Lipinski definition) is 0. The van der Waals surface area contributed by atoms with Crippen LogP contribution < -0.4 is 0 Å². The molecule has 1 amide bonds. The van der Waals surface area contributed by atoms with E-state index in [1.807, 2.05) is 0 Å². The summed E-state index contributed by atoms with van der Waals surface area (Å²) in [6.45, 7) is -0.413. The van der Waals surface area contributed by atoms with Gasteiger partial charge in [-0.1, -0.05) is 12.1 Å². The van der Waals surface area contributed by atoms with E-state index < -0.39 is 28.2 Å². The lowest BCUT2D eigenvalue weighted by molar-refractivity contribution is -0.151. The van der Waals surface area contributed by atoms with Gasteiger partial charge in [-0.05, 0) is 31.4 Å². The molecular formula is C17H20FNO5S2. The Balaban J connectivity index is 1.49. The number of hydrogen-bond acceptors (Lipinski definition) is 6. The molecule has 1 aromatic carbocycles. The van der Waals surface area contributed by atoms with Crippen molar-refractivity contribution < 1.29 is 27.1 Å². The average Bonchev–Trinajstić information content (AvgIpc) is 3.35. The SMILES string of the molecule is O=C(CSc1ccccc1F)OCC(=O)N(C1CC1)[C@@H]1CCS(=O)(=O)C1. The Morgan fingerprint density at radius 2 is 1.92 bits per heavy atom. The largest absolute Gasteiger partial charge is 0.455 e. The summed E-state index contributed by atoms with van der Waals surface area (Å²) < 4.78 is 41.9. The van der Waals surface area contributed by atoms with Crippen LogP contribution in [0.5, 0.6) is 0 Å². The topological polar surface area (TPSA) is 80.8 Å². The first-order valence-electron chi connectivity index (χ1n) is 8.40. The predicted molar refractivity (Wildman–Crippen MR) is 95.0 cm³/mol. The molecular weight excluding hydrogens is 381 g/mol. The number of nitrogens with zero attached hydrogens (tertiary/aromatic N) is 1. The van der Waals surface area contributed by atoms with Crippen molar-refractivity contribution in [3.8, 4) is 0 Å². The number of esters is 1. The summed E-state index contributed by atoms with van der Waals surface area (Å²) in [6.07, 6.45) is 2.13. The molecule has 1 saturated heterocycles. The van der Waals surface area contributed by atoms with Crippen molar-refractivity contribution in [1.29, 1.82) is 0 Å². The Morgan fingerprint density at radius 3 is 2.54 bits per heavy atom. The van der Waals surface area contributed by atoms with Gasteiger partial charge in [0.15, 0.2) is 16.4 Å². The molecule has 9 heteroatoms. The van der Waals surface area contributed by atoms with Gasteiger partial charge in [0.1, 0.15) is 5.82 Å². The van der Waals surface area contributed by atoms with E-state index in [9.17, 15) is 22.4 Å². The van der Waals surface area contributed by atoms with E-state index >= 15 is 0 Å². The number of thioether (sulfide) groups is 1. The van der Waals surface area contributed by atoms with Crippen LogP contribution in [0.1, 0.15) is 19.3 Å². The standard InChI is InChI=1S/C17H20FNO5S2/c18-14-3-1-2-4-15(14)25-10-17(21)24-9-16(20)19(12-5-6-12)13-7-8-26(22,23)11-13/h1-4,12-13H,5-11H2/t13-/m1/s1. The molecule has 6 nitrogen and oxygen atoms in total. The number of ether oxygens (including phenoxy) is 1. The van der Waals surface area contributed by atoms with Gasteiger partial charge in [0.25, 0.3) is 5.91 Å². The molecule has 0 unspecified atom stereocenters. The molecule has 142 valence electrons. The smallest absolute Gasteiger partial charge is 0.316 e. The van der Waals surface area contributed by atoms with Gasteiger partial charge in [-0.15, -0.1) is 11.8 Å². The van der Waals surface area contributed by atoms with Crippen LogP contribution in [0.25, 0.3) is 0 Å². The second-order valence-electron chi connectivity index (χ2n) is 6.47. The molecule has 26 heavy (non-hydrogen) atoms. The van der Waals surface area contributed by atoms with Crippen molar-refractivity contribution in [3.63, 3.8) is 0 Å². The number of halogens is 1. The van der Waals surface area contributed by atoms with Gasteiger partial charge in [0.2, 0.25) is 0 Å². The zero-order valence-electron chi connectivity index (χ0n) is 14.1. The van der Waals surface area contributed by atoms with E-state index in [2.05, 4.69) is 0 Å². The predicted octanol–water partition coefficient (Wildman–Crippen LogP) is 1.64. The van der Waals surface area contributed by atoms with E-state index in [1.54, 1.807) is 23.1 Å². The summed E-state index contributed by atoms with van der Waals surface area (Å²) in [5.74, 6) is -1.42. The number of amides is 1. The Kier molecular flexibility index (Phi) is 5.86. The number of rotatable bonds is 7. The molecule has 1 saturated carbocycles. The fourth-order valence-corrected chi connectivity index (χ4v) is 5.46. The van der Waals surface area contributed by atoms with Gasteiger partial charge in [-0.2, -0.15) is 0 Å². The van der Waals surface area contributed by atoms with Gasteiger partial charge >= 0.3 is 5.97 Å². The minimum Gasteiger partial charge on any atom is -0.455 e. The van der Waals surface area contributed by atoms with Crippen molar-refractivity contribution in [2.75, 3.05) is 23.9 Å². The maximum atomic E-state index is 13.5. The summed E-state index contributed by atoms with van der Waals surface area (Å²) in [7, 11) is -3.09. The van der Waals surface area contributed by atoms with Gasteiger partial charge < -0.3 is 9.64 Å². The molecule has 0 spiro atoms. The third-order valence-electron chi connectivity index (χ3n) is 4.37. The molecule has 1 atom stereocenters. The third-order valence-corrected chi connectivity index (χ3v) is 7.14. The van der Waals surface area contributed by atoms with E-state index in [0.717, 1.165) is 24.6 Å². The third kappa shape index (κ3) is 4.97. The zero-order valence-corrected chi connectivity index (χ0v) is 15.7. The second-order valence-corrected chi connectivity index (χ2v) is 9.71. The molecule has 0 bridgehead atoms. The maximum absolute atomic E-state index is 13.5. The lowest BCUT2D eigenvalue weighted by atomic mass is 10.2. The second kappa shape index (κ2) is 7.96. The van der Waals surface area contributed by atoms with Crippen molar-refractivity contribution in [2.24, 2.45) is 0 Å². The van der Waals surface area contributed by atoms with E-state index in [4.69, 9.17) is 4.74 Å². The molecule has 1 heterocycles. The van der Waals surface area contributed by atoms with Crippen LogP contribution in [0.15, 0.2) is 29.2 Å². The molecule has 2 fully saturated rings. The molecule has 1 aromatic rings. The number of carbonyl (C=O) groups excluding carboxylic acids is 2. The van der Waals surface area contributed by atoms with Crippen molar-refractivity contribution in [3.05, 3.63) is 30.1 Å². The maximum Gasteiger partial charge on any atom is 0.316 e. The van der Waals surface area contributed by atoms with E-state index in [0.29, 0.717) is 11.3 Å². The summed E-state index contributed by atoms with van der Waals surface area (Å²) in [5.41, 5.74) is 0. The van der Waals surface area contributed by atoms with Crippen LogP contribution in [0.3, 0.4) is 0 Å². The van der Waals surface area contributed by atoms with Crippen LogP contribution >= 0.6 is 11.8 Å². The van der Waals surface area contributed by atoms with Gasteiger partial charge in [-0.25, -0.2) is 12.8 Å². The monoisotopic (exact) mass is 401 g/mol. The van der Waals surface area contributed by atoms with Crippen LogP contribution in [0.4, 0.5) is 4.39 Å². The average molecular weight is 401 g/mol. The first-order chi connectivity index (χ1) is 12.4. The van der Waals surface area contributed by atoms with Crippen molar-refractivity contribution in [1.82, 2.24) is 4.90 Å². The van der Waals surface area contributed by atoms with Crippen LogP contribution in [-0.4, -0.2) is 61.1 Å². The summed E-state index contributed by atoms with van der Waals surface area (Å²) in [6, 6.07) is 5.82. The lowest BCUT2D eigenvalue weighted by Gasteiger charge is -2.28. The molecule has 2 aliphatic rings. The summed E-state index contributed by atoms with van der Waals surface area (Å²) >= 11 is 1.01. The van der Waals surface area contributed by atoms with Gasteiger partial charge in [-0.3, -0.25) is 9.59 Å².